The molecule has 8 nitrogen and oxygen atoms in total. The molecule has 0 saturated heterocycles. The van der Waals surface area contributed by atoms with Gasteiger partial charge in [0.2, 0.25) is 0 Å². The lowest BCUT2D eigenvalue weighted by Crippen LogP contribution is -1.95. The monoisotopic (exact) mass is 370 g/mol. The first-order valence-corrected chi connectivity index (χ1v) is 9.16. The molecule has 4 aromatic heterocycles. The van der Waals surface area contributed by atoms with Crippen LogP contribution in [0.3, 0.4) is 0 Å². The van der Waals surface area contributed by atoms with Crippen LogP contribution in [0.5, 0.6) is 0 Å². The summed E-state index contributed by atoms with van der Waals surface area (Å²) in [4.78, 5) is 4.03. The zero-order chi connectivity index (χ0) is 18.9. The minimum Gasteiger partial charge on any atom is -0.277 e. The SMILES string of the molecule is CCCn1cc(-c2ccc3[nH]nc(-c4cn(-c5ccncc5)nn4)c3c2)cn1. The van der Waals surface area contributed by atoms with E-state index >= 15 is 0 Å². The van der Waals surface area contributed by atoms with E-state index in [4.69, 9.17) is 0 Å². The molecule has 28 heavy (non-hydrogen) atoms. The number of benzene rings is 1. The number of aromatic nitrogens is 8. The number of aryl methyl sites for hydroxylation is 1. The van der Waals surface area contributed by atoms with Gasteiger partial charge in [0.1, 0.15) is 11.4 Å². The van der Waals surface area contributed by atoms with Crippen LogP contribution in [-0.4, -0.2) is 40.0 Å². The third-order valence-corrected chi connectivity index (χ3v) is 4.65. The van der Waals surface area contributed by atoms with Gasteiger partial charge in [-0.25, -0.2) is 4.68 Å². The standard InChI is InChI=1S/C20H18N8/c1-2-9-27-12-15(11-22-27)14-3-4-18-17(10-14)20(25-23-18)19-13-28(26-24-19)16-5-7-21-8-6-16/h3-8,10-13H,2,9H2,1H3,(H,23,25). The Balaban J connectivity index is 1.54. The fourth-order valence-electron chi connectivity index (χ4n) is 3.25. The normalized spacial score (nSPS) is 11.3. The number of hydrogen-bond donors (Lipinski definition) is 1. The molecule has 0 saturated carbocycles. The van der Waals surface area contributed by atoms with Gasteiger partial charge in [-0.15, -0.1) is 5.10 Å². The van der Waals surface area contributed by atoms with Crippen LogP contribution in [0.25, 0.3) is 39.1 Å². The van der Waals surface area contributed by atoms with Crippen LogP contribution in [0.2, 0.25) is 0 Å². The lowest BCUT2D eigenvalue weighted by molar-refractivity contribution is 0.603. The summed E-state index contributed by atoms with van der Waals surface area (Å²) in [5.41, 5.74) is 5.53. The van der Waals surface area contributed by atoms with Crippen molar-refractivity contribution in [1.82, 2.24) is 40.0 Å². The van der Waals surface area contributed by atoms with Crippen molar-refractivity contribution in [3.63, 3.8) is 0 Å². The third-order valence-electron chi connectivity index (χ3n) is 4.65. The van der Waals surface area contributed by atoms with Crippen LogP contribution in [0.15, 0.2) is 61.3 Å². The highest BCUT2D eigenvalue weighted by molar-refractivity contribution is 5.94. The Morgan fingerprint density at radius 1 is 1.04 bits per heavy atom. The molecule has 0 fully saturated rings. The summed E-state index contributed by atoms with van der Waals surface area (Å²) in [6.07, 6.45) is 10.4. The van der Waals surface area contributed by atoms with Crippen LogP contribution >= 0.6 is 0 Å². The molecule has 0 atom stereocenters. The fraction of sp³-hybridized carbons (Fsp3) is 0.150. The number of aromatic amines is 1. The number of fused-ring (bicyclic) bond motifs is 1. The maximum atomic E-state index is 4.47. The molecular weight excluding hydrogens is 352 g/mol. The van der Waals surface area contributed by atoms with E-state index in [2.05, 4.69) is 55.8 Å². The second-order valence-electron chi connectivity index (χ2n) is 6.58. The molecule has 0 aliphatic rings. The van der Waals surface area contributed by atoms with Gasteiger partial charge in [-0.3, -0.25) is 14.8 Å². The highest BCUT2D eigenvalue weighted by Crippen LogP contribution is 2.29. The number of nitrogens with zero attached hydrogens (tertiary/aromatic N) is 7. The molecule has 0 amide bonds. The molecule has 0 unspecified atom stereocenters. The van der Waals surface area contributed by atoms with Gasteiger partial charge in [-0.2, -0.15) is 10.2 Å². The first kappa shape index (κ1) is 16.4. The average molecular weight is 370 g/mol. The van der Waals surface area contributed by atoms with E-state index in [0.717, 1.165) is 46.4 Å². The van der Waals surface area contributed by atoms with Gasteiger partial charge in [-0.05, 0) is 36.2 Å². The first-order valence-electron chi connectivity index (χ1n) is 9.16. The Morgan fingerprint density at radius 3 is 2.79 bits per heavy atom. The van der Waals surface area contributed by atoms with Crippen molar-refractivity contribution in [1.29, 1.82) is 0 Å². The van der Waals surface area contributed by atoms with E-state index in [9.17, 15) is 0 Å². The smallest absolute Gasteiger partial charge is 0.134 e. The minimum atomic E-state index is 0.710. The summed E-state index contributed by atoms with van der Waals surface area (Å²) >= 11 is 0. The van der Waals surface area contributed by atoms with E-state index in [-0.39, 0.29) is 0 Å². The minimum absolute atomic E-state index is 0.710. The molecule has 4 heterocycles. The maximum absolute atomic E-state index is 4.47. The van der Waals surface area contributed by atoms with Crippen LogP contribution in [0.4, 0.5) is 0 Å². The van der Waals surface area contributed by atoms with Crippen molar-refractivity contribution >= 4 is 10.9 Å². The average Bonchev–Trinajstić information content (AvgIpc) is 3.47. The van der Waals surface area contributed by atoms with Crippen LogP contribution in [-0.2, 0) is 6.54 Å². The molecule has 1 N–H and O–H groups in total. The van der Waals surface area contributed by atoms with Crippen molar-refractivity contribution < 1.29 is 0 Å². The Hall–Kier alpha value is -3.81. The van der Waals surface area contributed by atoms with Crippen LogP contribution < -0.4 is 0 Å². The zero-order valence-electron chi connectivity index (χ0n) is 15.3. The maximum Gasteiger partial charge on any atom is 0.134 e. The number of H-pyrrole nitrogens is 1. The van der Waals surface area contributed by atoms with Gasteiger partial charge < -0.3 is 0 Å². The van der Waals surface area contributed by atoms with Crippen molar-refractivity contribution in [2.45, 2.75) is 19.9 Å². The van der Waals surface area contributed by atoms with Crippen LogP contribution in [0.1, 0.15) is 13.3 Å². The largest absolute Gasteiger partial charge is 0.277 e. The lowest BCUT2D eigenvalue weighted by atomic mass is 10.1. The quantitative estimate of drug-likeness (QED) is 0.511. The van der Waals surface area contributed by atoms with Gasteiger partial charge in [-0.1, -0.05) is 18.2 Å². The highest BCUT2D eigenvalue weighted by Gasteiger charge is 2.14. The summed E-state index contributed by atoms with van der Waals surface area (Å²) in [5, 5.41) is 21.5. The Kier molecular flexibility index (Phi) is 3.93. The van der Waals surface area contributed by atoms with Gasteiger partial charge in [0, 0.05) is 36.1 Å². The van der Waals surface area contributed by atoms with E-state index in [1.54, 1.807) is 17.1 Å². The lowest BCUT2D eigenvalue weighted by Gasteiger charge is -1.99. The second-order valence-corrected chi connectivity index (χ2v) is 6.58. The number of pyridine rings is 1. The molecule has 0 spiro atoms. The predicted molar refractivity (Wildman–Crippen MR) is 106 cm³/mol. The summed E-state index contributed by atoms with van der Waals surface area (Å²) in [7, 11) is 0. The molecule has 5 aromatic rings. The Morgan fingerprint density at radius 2 is 1.93 bits per heavy atom. The number of hydrogen-bond acceptors (Lipinski definition) is 5. The molecule has 1 aromatic carbocycles. The zero-order valence-corrected chi connectivity index (χ0v) is 15.3. The molecule has 0 aliphatic heterocycles. The van der Waals surface area contributed by atoms with Crippen molar-refractivity contribution in [2.75, 3.05) is 0 Å². The van der Waals surface area contributed by atoms with E-state index in [1.165, 1.54) is 0 Å². The van der Waals surface area contributed by atoms with E-state index in [0.29, 0.717) is 5.69 Å². The molecule has 5 rings (SSSR count). The predicted octanol–water partition coefficient (Wildman–Crippen LogP) is 3.48. The summed E-state index contributed by atoms with van der Waals surface area (Å²) in [6, 6.07) is 9.99. The van der Waals surface area contributed by atoms with Gasteiger partial charge in [0.25, 0.3) is 0 Å². The van der Waals surface area contributed by atoms with Crippen LogP contribution in [0, 0.1) is 0 Å². The Bertz CT molecular complexity index is 1230. The molecule has 0 aliphatic carbocycles. The van der Waals surface area contributed by atoms with Crippen molar-refractivity contribution in [3.8, 4) is 28.2 Å². The summed E-state index contributed by atoms with van der Waals surface area (Å²) in [6.45, 7) is 3.06. The van der Waals surface area contributed by atoms with Gasteiger partial charge in [0.15, 0.2) is 0 Å². The molecule has 8 heteroatoms. The topological polar surface area (TPSA) is 90.1 Å². The molecule has 0 radical (unpaired) electrons. The number of rotatable bonds is 5. The van der Waals surface area contributed by atoms with Crippen molar-refractivity contribution in [3.05, 3.63) is 61.3 Å². The Labute approximate surface area is 160 Å². The van der Waals surface area contributed by atoms with E-state index in [1.807, 2.05) is 35.3 Å². The number of nitrogens with one attached hydrogen (secondary N) is 1. The van der Waals surface area contributed by atoms with Gasteiger partial charge >= 0.3 is 0 Å². The summed E-state index contributed by atoms with van der Waals surface area (Å²) < 4.78 is 3.69. The molecule has 138 valence electrons. The van der Waals surface area contributed by atoms with Crippen molar-refractivity contribution in [2.24, 2.45) is 0 Å². The van der Waals surface area contributed by atoms with E-state index < -0.39 is 0 Å². The summed E-state index contributed by atoms with van der Waals surface area (Å²) in [5.74, 6) is 0. The molecular formula is C20H18N8. The third kappa shape index (κ3) is 2.84. The highest BCUT2D eigenvalue weighted by atomic mass is 15.4. The first-order chi connectivity index (χ1) is 13.8. The second kappa shape index (κ2) is 6.73. The van der Waals surface area contributed by atoms with Gasteiger partial charge in [0.05, 0.1) is 23.6 Å². The molecule has 0 bridgehead atoms. The fourth-order valence-corrected chi connectivity index (χ4v) is 3.25.